The maximum atomic E-state index is 11.9. The number of urea groups is 1. The Morgan fingerprint density at radius 3 is 2.85 bits per heavy atom. The van der Waals surface area contributed by atoms with Gasteiger partial charge in [0, 0.05) is 24.9 Å². The summed E-state index contributed by atoms with van der Waals surface area (Å²) in [5, 5.41) is 15.7. The van der Waals surface area contributed by atoms with Gasteiger partial charge in [0.05, 0.1) is 23.4 Å². The van der Waals surface area contributed by atoms with Crippen LogP contribution in [-0.2, 0) is 6.54 Å². The Hall–Kier alpha value is -1.14. The van der Waals surface area contributed by atoms with E-state index in [4.69, 9.17) is 0 Å². The monoisotopic (exact) mass is 297 g/mol. The third kappa shape index (κ3) is 4.18. The minimum atomic E-state index is -0.391. The average Bonchev–Trinajstić information content (AvgIpc) is 3.14. The van der Waals surface area contributed by atoms with Crippen molar-refractivity contribution in [2.45, 2.75) is 45.3 Å². The highest BCUT2D eigenvalue weighted by Crippen LogP contribution is 2.32. The molecular weight excluding hydrogens is 274 g/mol. The first-order chi connectivity index (χ1) is 9.47. The van der Waals surface area contributed by atoms with Crippen LogP contribution in [0, 0.1) is 5.92 Å². The highest BCUT2D eigenvalue weighted by Gasteiger charge is 2.31. The number of likely N-dealkylation sites (N-methyl/N-ethyl adjacent to an activating group) is 1. The van der Waals surface area contributed by atoms with E-state index in [9.17, 15) is 9.90 Å². The fourth-order valence-electron chi connectivity index (χ4n) is 1.96. The molecule has 112 valence electrons. The summed E-state index contributed by atoms with van der Waals surface area (Å²) in [6.07, 6.45) is 1.76. The third-order valence-corrected chi connectivity index (χ3v) is 4.65. The second-order valence-electron chi connectivity index (χ2n) is 5.78. The molecule has 0 saturated heterocycles. The molecule has 1 fully saturated rings. The minimum Gasteiger partial charge on any atom is -0.391 e. The average molecular weight is 297 g/mol. The maximum Gasteiger partial charge on any atom is 0.317 e. The molecule has 0 radical (unpaired) electrons. The van der Waals surface area contributed by atoms with Crippen molar-refractivity contribution in [3.05, 3.63) is 16.1 Å². The van der Waals surface area contributed by atoms with E-state index >= 15 is 0 Å². The number of rotatable bonds is 6. The number of aliphatic hydroxyl groups excluding tert-OH is 1. The van der Waals surface area contributed by atoms with Crippen LogP contribution in [0.2, 0.25) is 0 Å². The number of nitrogens with zero attached hydrogens (tertiary/aromatic N) is 2. The molecule has 0 spiro atoms. The SMILES string of the molecule is CC(C)c1nc(CNC(=O)N(C)CC(O)C2CC2)cs1. The highest BCUT2D eigenvalue weighted by molar-refractivity contribution is 7.09. The molecule has 1 aromatic heterocycles. The normalized spacial score (nSPS) is 16.2. The van der Waals surface area contributed by atoms with Crippen LogP contribution in [0.25, 0.3) is 0 Å². The number of hydrogen-bond donors (Lipinski definition) is 2. The summed E-state index contributed by atoms with van der Waals surface area (Å²) < 4.78 is 0. The van der Waals surface area contributed by atoms with Crippen molar-refractivity contribution >= 4 is 17.4 Å². The van der Waals surface area contributed by atoms with Gasteiger partial charge in [-0.3, -0.25) is 0 Å². The number of nitrogens with one attached hydrogen (secondary N) is 1. The van der Waals surface area contributed by atoms with Crippen molar-refractivity contribution in [3.8, 4) is 0 Å². The first-order valence-corrected chi connectivity index (χ1v) is 7.96. The number of carbonyl (C=O) groups is 1. The summed E-state index contributed by atoms with van der Waals surface area (Å²) >= 11 is 1.62. The molecule has 0 bridgehead atoms. The Bertz CT molecular complexity index is 457. The highest BCUT2D eigenvalue weighted by atomic mass is 32.1. The lowest BCUT2D eigenvalue weighted by Crippen LogP contribution is -2.41. The number of thiazole rings is 1. The van der Waals surface area contributed by atoms with Gasteiger partial charge in [0.1, 0.15) is 0 Å². The summed E-state index contributed by atoms with van der Waals surface area (Å²) in [6.45, 7) is 5.04. The lowest BCUT2D eigenvalue weighted by Gasteiger charge is -2.20. The Labute approximate surface area is 124 Å². The maximum absolute atomic E-state index is 11.9. The number of amides is 2. The van der Waals surface area contributed by atoms with Crippen LogP contribution in [0.3, 0.4) is 0 Å². The van der Waals surface area contributed by atoms with Gasteiger partial charge in [-0.25, -0.2) is 9.78 Å². The van der Waals surface area contributed by atoms with Crippen LogP contribution in [0.15, 0.2) is 5.38 Å². The van der Waals surface area contributed by atoms with Gasteiger partial charge in [-0.1, -0.05) is 13.8 Å². The first-order valence-electron chi connectivity index (χ1n) is 7.08. The first kappa shape index (κ1) is 15.3. The van der Waals surface area contributed by atoms with E-state index in [0.29, 0.717) is 24.9 Å². The summed E-state index contributed by atoms with van der Waals surface area (Å²) in [7, 11) is 1.71. The van der Waals surface area contributed by atoms with Crippen molar-refractivity contribution in [1.82, 2.24) is 15.2 Å². The zero-order valence-corrected chi connectivity index (χ0v) is 13.1. The van der Waals surface area contributed by atoms with Crippen molar-refractivity contribution in [3.63, 3.8) is 0 Å². The Kier molecular flexibility index (Phi) is 4.99. The van der Waals surface area contributed by atoms with E-state index in [1.54, 1.807) is 23.3 Å². The molecule has 2 rings (SSSR count). The van der Waals surface area contributed by atoms with Crippen LogP contribution < -0.4 is 5.32 Å². The summed E-state index contributed by atoms with van der Waals surface area (Å²) in [5.41, 5.74) is 0.892. The molecule has 1 heterocycles. The largest absolute Gasteiger partial charge is 0.391 e. The molecule has 0 aliphatic heterocycles. The Morgan fingerprint density at radius 2 is 2.30 bits per heavy atom. The van der Waals surface area contributed by atoms with Gasteiger partial charge in [-0.2, -0.15) is 0 Å². The molecule has 2 N–H and O–H groups in total. The third-order valence-electron chi connectivity index (χ3n) is 3.46. The van der Waals surface area contributed by atoms with Crippen LogP contribution in [0.1, 0.15) is 43.3 Å². The lowest BCUT2D eigenvalue weighted by molar-refractivity contribution is 0.113. The lowest BCUT2D eigenvalue weighted by atomic mass is 10.2. The van der Waals surface area contributed by atoms with Crippen LogP contribution in [0.4, 0.5) is 4.79 Å². The Morgan fingerprint density at radius 1 is 1.60 bits per heavy atom. The van der Waals surface area contributed by atoms with Crippen molar-refractivity contribution in [2.75, 3.05) is 13.6 Å². The van der Waals surface area contributed by atoms with Crippen LogP contribution >= 0.6 is 11.3 Å². The molecule has 1 aliphatic rings. The summed E-state index contributed by atoms with van der Waals surface area (Å²) in [6, 6.07) is -0.163. The number of aromatic nitrogens is 1. The summed E-state index contributed by atoms with van der Waals surface area (Å²) in [4.78, 5) is 17.9. The minimum absolute atomic E-state index is 0.163. The van der Waals surface area contributed by atoms with Gasteiger partial charge in [0.15, 0.2) is 0 Å². The Balaban J connectivity index is 1.75. The van der Waals surface area contributed by atoms with E-state index < -0.39 is 6.10 Å². The fraction of sp³-hybridized carbons (Fsp3) is 0.714. The zero-order chi connectivity index (χ0) is 14.7. The second-order valence-corrected chi connectivity index (χ2v) is 6.67. The van der Waals surface area contributed by atoms with Gasteiger partial charge in [0.25, 0.3) is 0 Å². The number of aliphatic hydroxyl groups is 1. The molecule has 0 aromatic carbocycles. The molecule has 6 heteroatoms. The molecule has 1 aliphatic carbocycles. The van der Waals surface area contributed by atoms with Gasteiger partial charge in [-0.05, 0) is 18.8 Å². The van der Waals surface area contributed by atoms with E-state index in [1.807, 2.05) is 5.38 Å². The van der Waals surface area contributed by atoms with Gasteiger partial charge in [-0.15, -0.1) is 11.3 Å². The van der Waals surface area contributed by atoms with Gasteiger partial charge >= 0.3 is 6.03 Å². The van der Waals surface area contributed by atoms with Gasteiger partial charge < -0.3 is 15.3 Å². The standard InChI is InChI=1S/C14H23N3O2S/c1-9(2)13-16-11(8-20-13)6-15-14(19)17(3)7-12(18)10-4-5-10/h8-10,12,18H,4-7H2,1-3H3,(H,15,19). The quantitative estimate of drug-likeness (QED) is 0.846. The molecule has 1 aromatic rings. The fourth-order valence-corrected chi connectivity index (χ4v) is 2.80. The zero-order valence-electron chi connectivity index (χ0n) is 12.3. The van der Waals surface area contributed by atoms with E-state index in [2.05, 4.69) is 24.1 Å². The van der Waals surface area contributed by atoms with Gasteiger partial charge in [0.2, 0.25) is 0 Å². The molecular formula is C14H23N3O2S. The van der Waals surface area contributed by atoms with E-state index in [0.717, 1.165) is 23.5 Å². The van der Waals surface area contributed by atoms with Crippen molar-refractivity contribution in [1.29, 1.82) is 0 Å². The topological polar surface area (TPSA) is 65.5 Å². The molecule has 1 saturated carbocycles. The molecule has 2 amide bonds. The smallest absolute Gasteiger partial charge is 0.317 e. The molecule has 20 heavy (non-hydrogen) atoms. The summed E-state index contributed by atoms with van der Waals surface area (Å²) in [5.74, 6) is 0.804. The van der Waals surface area contributed by atoms with Crippen molar-refractivity contribution in [2.24, 2.45) is 5.92 Å². The van der Waals surface area contributed by atoms with Crippen LogP contribution in [-0.4, -0.2) is 40.7 Å². The van der Waals surface area contributed by atoms with Crippen LogP contribution in [0.5, 0.6) is 0 Å². The number of hydrogen-bond acceptors (Lipinski definition) is 4. The number of carbonyl (C=O) groups excluding carboxylic acids is 1. The molecule has 1 unspecified atom stereocenters. The predicted molar refractivity (Wildman–Crippen MR) is 79.8 cm³/mol. The second kappa shape index (κ2) is 6.54. The van der Waals surface area contributed by atoms with Crippen molar-refractivity contribution < 1.29 is 9.90 Å². The molecule has 1 atom stereocenters. The molecule has 5 nitrogen and oxygen atoms in total. The predicted octanol–water partition coefficient (Wildman–Crippen LogP) is 2.18. The van der Waals surface area contributed by atoms with E-state index in [-0.39, 0.29) is 6.03 Å². The van der Waals surface area contributed by atoms with E-state index in [1.165, 1.54) is 0 Å².